The monoisotopic (exact) mass is 302 g/mol. The van der Waals surface area contributed by atoms with Crippen molar-refractivity contribution in [3.05, 3.63) is 24.8 Å². The predicted molar refractivity (Wildman–Crippen MR) is 83.0 cm³/mol. The summed E-state index contributed by atoms with van der Waals surface area (Å²) in [6.07, 6.45) is 7.28. The summed E-state index contributed by atoms with van der Waals surface area (Å²) in [4.78, 5) is 6.91. The molecule has 0 atom stereocenters. The molecule has 2 aromatic rings. The molecule has 110 valence electrons. The van der Waals surface area contributed by atoms with E-state index in [0.29, 0.717) is 0 Å². The maximum atomic E-state index is 4.03. The Morgan fingerprint density at radius 1 is 0.905 bits per heavy atom. The van der Waals surface area contributed by atoms with E-state index in [0.717, 1.165) is 47.3 Å². The van der Waals surface area contributed by atoms with Crippen LogP contribution in [0.1, 0.15) is 13.8 Å². The summed E-state index contributed by atoms with van der Waals surface area (Å²) in [6.45, 7) is 8.40. The van der Waals surface area contributed by atoms with Gasteiger partial charge in [0.1, 0.15) is 0 Å². The molecule has 0 aromatic carbocycles. The van der Waals surface area contributed by atoms with Crippen LogP contribution in [-0.2, 0) is 0 Å². The van der Waals surface area contributed by atoms with Gasteiger partial charge in [0.2, 0.25) is 0 Å². The lowest BCUT2D eigenvalue weighted by Crippen LogP contribution is -2.34. The van der Waals surface area contributed by atoms with E-state index < -0.39 is 0 Å². The predicted octanol–water partition coefficient (Wildman–Crippen LogP) is 2.21. The maximum absolute atomic E-state index is 4.03. The SMILES string of the molecule is CCN(CC)CCN1c2cnncc2Sc2cnncc21. The first-order valence-electron chi connectivity index (χ1n) is 7.12. The van der Waals surface area contributed by atoms with Crippen molar-refractivity contribution < 1.29 is 0 Å². The molecule has 21 heavy (non-hydrogen) atoms. The van der Waals surface area contributed by atoms with Crippen LogP contribution in [0, 0.1) is 0 Å². The van der Waals surface area contributed by atoms with Crippen molar-refractivity contribution in [3.8, 4) is 0 Å². The van der Waals surface area contributed by atoms with Crippen LogP contribution in [0.15, 0.2) is 34.6 Å². The highest BCUT2D eigenvalue weighted by atomic mass is 32.2. The molecule has 6 nitrogen and oxygen atoms in total. The molecule has 0 unspecified atom stereocenters. The van der Waals surface area contributed by atoms with Crippen molar-refractivity contribution in [2.45, 2.75) is 23.6 Å². The molecule has 0 amide bonds. The van der Waals surface area contributed by atoms with Crippen molar-refractivity contribution in [1.82, 2.24) is 25.3 Å². The van der Waals surface area contributed by atoms with Gasteiger partial charge in [-0.25, -0.2) is 0 Å². The number of likely N-dealkylation sites (N-methyl/N-ethyl adjacent to an activating group) is 1. The summed E-state index contributed by atoms with van der Waals surface area (Å²) in [5.41, 5.74) is 2.20. The molecule has 7 heteroatoms. The quantitative estimate of drug-likeness (QED) is 0.839. The van der Waals surface area contributed by atoms with Crippen LogP contribution in [0.3, 0.4) is 0 Å². The molecule has 0 N–H and O–H groups in total. The van der Waals surface area contributed by atoms with Crippen LogP contribution < -0.4 is 4.90 Å². The molecule has 0 fully saturated rings. The zero-order valence-electron chi connectivity index (χ0n) is 12.2. The fraction of sp³-hybridized carbons (Fsp3) is 0.429. The minimum absolute atomic E-state index is 0.902. The highest BCUT2D eigenvalue weighted by Crippen LogP contribution is 2.46. The van der Waals surface area contributed by atoms with Crippen molar-refractivity contribution >= 4 is 23.1 Å². The Balaban J connectivity index is 1.91. The van der Waals surface area contributed by atoms with Crippen LogP contribution in [0.2, 0.25) is 0 Å². The van der Waals surface area contributed by atoms with E-state index >= 15 is 0 Å². The zero-order chi connectivity index (χ0) is 14.7. The van der Waals surface area contributed by atoms with Gasteiger partial charge in [-0.15, -0.1) is 0 Å². The Bertz CT molecular complexity index is 570. The van der Waals surface area contributed by atoms with E-state index in [9.17, 15) is 0 Å². The average molecular weight is 302 g/mol. The Morgan fingerprint density at radius 3 is 1.95 bits per heavy atom. The highest BCUT2D eigenvalue weighted by Gasteiger charge is 2.24. The van der Waals surface area contributed by atoms with Crippen molar-refractivity contribution in [2.75, 3.05) is 31.1 Å². The van der Waals surface area contributed by atoms with Crippen LogP contribution in [0.5, 0.6) is 0 Å². The van der Waals surface area contributed by atoms with Crippen LogP contribution >= 0.6 is 11.8 Å². The summed E-state index contributed by atoms with van der Waals surface area (Å²) in [5, 5.41) is 16.0. The molecule has 3 rings (SSSR count). The molecule has 0 bridgehead atoms. The van der Waals surface area contributed by atoms with E-state index in [-0.39, 0.29) is 0 Å². The molecule has 1 aliphatic heterocycles. The van der Waals surface area contributed by atoms with E-state index in [1.54, 1.807) is 11.8 Å². The lowest BCUT2D eigenvalue weighted by molar-refractivity contribution is 0.312. The van der Waals surface area contributed by atoms with Gasteiger partial charge in [-0.05, 0) is 13.1 Å². The second-order valence-electron chi connectivity index (χ2n) is 4.76. The summed E-state index contributed by atoms with van der Waals surface area (Å²) >= 11 is 1.67. The van der Waals surface area contributed by atoms with Gasteiger partial charge in [-0.2, -0.15) is 20.4 Å². The Kier molecular flexibility index (Phi) is 4.31. The lowest BCUT2D eigenvalue weighted by atomic mass is 10.3. The second-order valence-corrected chi connectivity index (χ2v) is 5.84. The van der Waals surface area contributed by atoms with Crippen LogP contribution in [0.4, 0.5) is 11.4 Å². The van der Waals surface area contributed by atoms with Crippen molar-refractivity contribution in [3.63, 3.8) is 0 Å². The molecule has 1 aliphatic rings. The van der Waals surface area contributed by atoms with Gasteiger partial charge in [0.05, 0.1) is 46.0 Å². The summed E-state index contributed by atoms with van der Waals surface area (Å²) in [6, 6.07) is 0. The van der Waals surface area contributed by atoms with E-state index in [1.165, 1.54) is 0 Å². The minimum Gasteiger partial charge on any atom is -0.336 e. The van der Waals surface area contributed by atoms with Crippen molar-refractivity contribution in [2.24, 2.45) is 0 Å². The minimum atomic E-state index is 0.902. The Labute approximate surface area is 128 Å². The summed E-state index contributed by atoms with van der Waals surface area (Å²) in [5.74, 6) is 0. The molecule has 0 aliphatic carbocycles. The first-order valence-corrected chi connectivity index (χ1v) is 7.94. The third kappa shape index (κ3) is 2.84. The average Bonchev–Trinajstić information content (AvgIpc) is 2.54. The number of anilines is 2. The molecule has 0 saturated heterocycles. The largest absolute Gasteiger partial charge is 0.336 e. The maximum Gasteiger partial charge on any atom is 0.0775 e. The van der Waals surface area contributed by atoms with Crippen molar-refractivity contribution in [1.29, 1.82) is 0 Å². The number of nitrogens with zero attached hydrogens (tertiary/aromatic N) is 6. The Hall–Kier alpha value is -1.73. The fourth-order valence-corrected chi connectivity index (χ4v) is 3.41. The molecular formula is C14H18N6S. The Morgan fingerprint density at radius 2 is 1.43 bits per heavy atom. The number of rotatable bonds is 5. The molecule has 0 spiro atoms. The molecular weight excluding hydrogens is 284 g/mol. The normalized spacial score (nSPS) is 13.2. The van der Waals surface area contributed by atoms with E-state index in [1.807, 2.05) is 24.8 Å². The first-order chi connectivity index (χ1) is 10.3. The molecule has 2 aromatic heterocycles. The van der Waals surface area contributed by atoms with Crippen LogP contribution in [-0.4, -0.2) is 51.5 Å². The smallest absolute Gasteiger partial charge is 0.0775 e. The molecule has 0 radical (unpaired) electrons. The van der Waals surface area contributed by atoms with Gasteiger partial charge in [0, 0.05) is 13.1 Å². The van der Waals surface area contributed by atoms with Gasteiger partial charge in [-0.3, -0.25) is 0 Å². The summed E-state index contributed by atoms with van der Waals surface area (Å²) in [7, 11) is 0. The topological polar surface area (TPSA) is 58.0 Å². The third-order valence-corrected chi connectivity index (χ3v) is 4.75. The van der Waals surface area contributed by atoms with Gasteiger partial charge in [-0.1, -0.05) is 25.6 Å². The second kappa shape index (κ2) is 6.36. The van der Waals surface area contributed by atoms with E-state index in [4.69, 9.17) is 0 Å². The zero-order valence-corrected chi connectivity index (χ0v) is 13.0. The van der Waals surface area contributed by atoms with Gasteiger partial charge in [0.15, 0.2) is 0 Å². The standard InChI is InChI=1S/C14H18N6S/c1-3-19(4-2)5-6-20-11-7-15-17-9-13(11)21-14-10-18-16-8-12(14)20/h7-10H,3-6H2,1-2H3. The number of hydrogen-bond acceptors (Lipinski definition) is 7. The van der Waals surface area contributed by atoms with Crippen LogP contribution in [0.25, 0.3) is 0 Å². The molecule has 3 heterocycles. The number of fused-ring (bicyclic) bond motifs is 2. The summed E-state index contributed by atoms with van der Waals surface area (Å²) < 4.78 is 0. The molecule has 0 saturated carbocycles. The fourth-order valence-electron chi connectivity index (χ4n) is 2.44. The van der Waals surface area contributed by atoms with Gasteiger partial charge >= 0.3 is 0 Å². The number of hydrogen-bond donors (Lipinski definition) is 0. The third-order valence-electron chi connectivity index (χ3n) is 3.68. The first kappa shape index (κ1) is 14.2. The van der Waals surface area contributed by atoms with Gasteiger partial charge < -0.3 is 9.80 Å². The number of aromatic nitrogens is 4. The van der Waals surface area contributed by atoms with Gasteiger partial charge in [0.25, 0.3) is 0 Å². The van der Waals surface area contributed by atoms with E-state index in [2.05, 4.69) is 44.0 Å². The highest BCUT2D eigenvalue weighted by molar-refractivity contribution is 7.99. The lowest BCUT2D eigenvalue weighted by Gasteiger charge is -2.32.